The van der Waals surface area contributed by atoms with E-state index in [-0.39, 0.29) is 11.8 Å². The first kappa shape index (κ1) is 17.3. The molecule has 1 spiro atoms. The Bertz CT molecular complexity index is 683. The van der Waals surface area contributed by atoms with Crippen LogP contribution >= 0.6 is 0 Å². The van der Waals surface area contributed by atoms with Gasteiger partial charge >= 0.3 is 0 Å². The maximum Gasteiger partial charge on any atom is 0.223 e. The van der Waals surface area contributed by atoms with E-state index in [0.29, 0.717) is 11.3 Å². The second kappa shape index (κ2) is 7.63. The fourth-order valence-electron chi connectivity index (χ4n) is 4.56. The first-order valence-electron chi connectivity index (χ1n) is 9.87. The maximum atomic E-state index is 12.6. The van der Waals surface area contributed by atoms with Gasteiger partial charge < -0.3 is 10.6 Å². The molecular formula is C23H28N2O. The van der Waals surface area contributed by atoms with Gasteiger partial charge in [-0.05, 0) is 55.3 Å². The third-order valence-corrected chi connectivity index (χ3v) is 6.24. The summed E-state index contributed by atoms with van der Waals surface area (Å²) in [6.45, 7) is 2.86. The quantitative estimate of drug-likeness (QED) is 0.835. The molecule has 2 aromatic carbocycles. The van der Waals surface area contributed by atoms with E-state index in [1.54, 1.807) is 0 Å². The van der Waals surface area contributed by atoms with Gasteiger partial charge in [-0.3, -0.25) is 4.79 Å². The van der Waals surface area contributed by atoms with Crippen LogP contribution in [0.2, 0.25) is 0 Å². The topological polar surface area (TPSA) is 41.1 Å². The number of rotatable bonds is 6. The minimum atomic E-state index is 0.247. The van der Waals surface area contributed by atoms with Gasteiger partial charge in [0.15, 0.2) is 0 Å². The van der Waals surface area contributed by atoms with Gasteiger partial charge in [0.05, 0.1) is 0 Å². The summed E-state index contributed by atoms with van der Waals surface area (Å²) in [6, 6.07) is 21.2. The molecule has 1 aliphatic carbocycles. The lowest BCUT2D eigenvalue weighted by Gasteiger charge is -2.23. The molecule has 3 nitrogen and oxygen atoms in total. The largest absolute Gasteiger partial charge is 0.356 e. The molecule has 2 aromatic rings. The summed E-state index contributed by atoms with van der Waals surface area (Å²) in [4.78, 5) is 12.6. The number of carbonyl (C=O) groups excluding carboxylic acids is 1. The monoisotopic (exact) mass is 348 g/mol. The molecule has 1 heterocycles. The van der Waals surface area contributed by atoms with Crippen LogP contribution in [0.4, 0.5) is 0 Å². The molecule has 1 amide bonds. The second-order valence-corrected chi connectivity index (χ2v) is 7.82. The van der Waals surface area contributed by atoms with Gasteiger partial charge in [0.1, 0.15) is 0 Å². The zero-order valence-electron chi connectivity index (χ0n) is 15.3. The molecule has 26 heavy (non-hydrogen) atoms. The number of benzene rings is 2. The highest BCUT2D eigenvalue weighted by molar-refractivity contribution is 5.82. The van der Waals surface area contributed by atoms with Crippen LogP contribution < -0.4 is 10.6 Å². The van der Waals surface area contributed by atoms with Crippen molar-refractivity contribution < 1.29 is 4.79 Å². The highest BCUT2D eigenvalue weighted by Crippen LogP contribution is 2.58. The van der Waals surface area contributed by atoms with E-state index in [4.69, 9.17) is 0 Å². The SMILES string of the molecule is O=C(NCCC(c1ccccc1)c1ccccc1)[C@@H]1CC12CCNCC2. The molecule has 1 saturated carbocycles. The van der Waals surface area contributed by atoms with Crippen LogP contribution in [0, 0.1) is 11.3 Å². The summed E-state index contributed by atoms with van der Waals surface area (Å²) in [5.41, 5.74) is 2.94. The van der Waals surface area contributed by atoms with Gasteiger partial charge in [-0.1, -0.05) is 60.7 Å². The van der Waals surface area contributed by atoms with E-state index in [1.165, 1.54) is 11.1 Å². The third kappa shape index (κ3) is 3.68. The molecule has 0 aromatic heterocycles. The Kier molecular flexibility index (Phi) is 5.07. The molecule has 0 radical (unpaired) electrons. The van der Waals surface area contributed by atoms with E-state index in [9.17, 15) is 4.79 Å². The van der Waals surface area contributed by atoms with Crippen LogP contribution in [0.3, 0.4) is 0 Å². The van der Waals surface area contributed by atoms with Crippen molar-refractivity contribution in [2.75, 3.05) is 19.6 Å². The van der Waals surface area contributed by atoms with Crippen molar-refractivity contribution in [2.45, 2.75) is 31.6 Å². The third-order valence-electron chi connectivity index (χ3n) is 6.24. The number of hydrogen-bond acceptors (Lipinski definition) is 2. The standard InChI is InChI=1S/C23H28N2O/c26-22(21-17-23(21)12-15-24-16-13-23)25-14-11-20(18-7-3-1-4-8-18)19-9-5-2-6-10-19/h1-10,20-21,24H,11-17H2,(H,25,26)/t21-/m0/s1. The smallest absolute Gasteiger partial charge is 0.223 e. The summed E-state index contributed by atoms with van der Waals surface area (Å²) in [5, 5.41) is 6.63. The van der Waals surface area contributed by atoms with Crippen molar-refractivity contribution in [3.05, 3.63) is 71.8 Å². The van der Waals surface area contributed by atoms with Crippen LogP contribution in [0.5, 0.6) is 0 Å². The molecular weight excluding hydrogens is 320 g/mol. The number of hydrogen-bond donors (Lipinski definition) is 2. The minimum absolute atomic E-state index is 0.247. The Morgan fingerprint density at radius 3 is 2.15 bits per heavy atom. The van der Waals surface area contributed by atoms with E-state index in [1.807, 2.05) is 0 Å². The Balaban J connectivity index is 1.36. The predicted octanol–water partition coefficient (Wildman–Crippen LogP) is 3.71. The van der Waals surface area contributed by atoms with Crippen molar-refractivity contribution >= 4 is 5.91 Å². The Morgan fingerprint density at radius 1 is 1.00 bits per heavy atom. The van der Waals surface area contributed by atoms with Crippen LogP contribution in [0.1, 0.15) is 42.7 Å². The molecule has 1 atom stereocenters. The molecule has 3 heteroatoms. The van der Waals surface area contributed by atoms with E-state index in [0.717, 1.165) is 45.3 Å². The zero-order chi connectivity index (χ0) is 17.8. The van der Waals surface area contributed by atoms with Crippen molar-refractivity contribution in [1.82, 2.24) is 10.6 Å². The highest BCUT2D eigenvalue weighted by atomic mass is 16.2. The zero-order valence-corrected chi connectivity index (χ0v) is 15.3. The summed E-state index contributed by atoms with van der Waals surface area (Å²) in [7, 11) is 0. The minimum Gasteiger partial charge on any atom is -0.356 e. The molecule has 2 N–H and O–H groups in total. The van der Waals surface area contributed by atoms with E-state index in [2.05, 4.69) is 71.3 Å². The lowest BCUT2D eigenvalue weighted by atomic mass is 9.88. The van der Waals surface area contributed by atoms with Gasteiger partial charge in [0.25, 0.3) is 0 Å². The molecule has 2 fully saturated rings. The van der Waals surface area contributed by atoms with Gasteiger partial charge in [-0.25, -0.2) is 0 Å². The fourth-order valence-corrected chi connectivity index (χ4v) is 4.56. The average Bonchev–Trinajstić information content (AvgIpc) is 3.40. The summed E-state index contributed by atoms with van der Waals surface area (Å²) < 4.78 is 0. The van der Waals surface area contributed by atoms with E-state index >= 15 is 0 Å². The maximum absolute atomic E-state index is 12.6. The normalized spacial score (nSPS) is 20.9. The Labute approximate surface area is 156 Å². The second-order valence-electron chi connectivity index (χ2n) is 7.82. The Hall–Kier alpha value is -2.13. The van der Waals surface area contributed by atoms with Crippen molar-refractivity contribution in [2.24, 2.45) is 11.3 Å². The number of amides is 1. The van der Waals surface area contributed by atoms with Gasteiger partial charge in [0.2, 0.25) is 5.91 Å². The van der Waals surface area contributed by atoms with Crippen LogP contribution in [-0.2, 0) is 4.79 Å². The van der Waals surface area contributed by atoms with E-state index < -0.39 is 0 Å². The first-order valence-corrected chi connectivity index (χ1v) is 9.87. The number of piperidine rings is 1. The van der Waals surface area contributed by atoms with Crippen molar-refractivity contribution in [3.8, 4) is 0 Å². The predicted molar refractivity (Wildman–Crippen MR) is 105 cm³/mol. The summed E-state index contributed by atoms with van der Waals surface area (Å²) in [5.74, 6) is 0.841. The number of nitrogens with one attached hydrogen (secondary N) is 2. The summed E-state index contributed by atoms with van der Waals surface area (Å²) in [6.07, 6.45) is 4.33. The Morgan fingerprint density at radius 2 is 1.58 bits per heavy atom. The molecule has 136 valence electrons. The van der Waals surface area contributed by atoms with Crippen molar-refractivity contribution in [3.63, 3.8) is 0 Å². The van der Waals surface area contributed by atoms with Crippen LogP contribution in [-0.4, -0.2) is 25.5 Å². The van der Waals surface area contributed by atoms with Crippen molar-refractivity contribution in [1.29, 1.82) is 0 Å². The first-order chi connectivity index (χ1) is 12.8. The molecule has 1 aliphatic heterocycles. The van der Waals surface area contributed by atoms with Gasteiger partial charge in [-0.2, -0.15) is 0 Å². The molecule has 2 aliphatic rings. The van der Waals surface area contributed by atoms with Crippen LogP contribution in [0.25, 0.3) is 0 Å². The van der Waals surface area contributed by atoms with Gasteiger partial charge in [0, 0.05) is 18.4 Å². The highest BCUT2D eigenvalue weighted by Gasteiger charge is 2.57. The van der Waals surface area contributed by atoms with Gasteiger partial charge in [-0.15, -0.1) is 0 Å². The fraction of sp³-hybridized carbons (Fsp3) is 0.435. The molecule has 0 unspecified atom stereocenters. The van der Waals surface area contributed by atoms with Crippen LogP contribution in [0.15, 0.2) is 60.7 Å². The number of carbonyl (C=O) groups is 1. The lowest BCUT2D eigenvalue weighted by Crippen LogP contribution is -2.34. The molecule has 1 saturated heterocycles. The molecule has 4 rings (SSSR count). The molecule has 0 bridgehead atoms. The average molecular weight is 348 g/mol. The lowest BCUT2D eigenvalue weighted by molar-refractivity contribution is -0.123. The summed E-state index contributed by atoms with van der Waals surface area (Å²) >= 11 is 0.